The Morgan fingerprint density at radius 1 is 1.15 bits per heavy atom. The first-order valence-corrected chi connectivity index (χ1v) is 12.4. The van der Waals surface area contributed by atoms with Gasteiger partial charge >= 0.3 is 6.09 Å². The van der Waals surface area contributed by atoms with E-state index in [0.717, 1.165) is 18.4 Å². The fourth-order valence-corrected chi connectivity index (χ4v) is 5.14. The van der Waals surface area contributed by atoms with E-state index in [4.69, 9.17) is 4.74 Å². The SMILES string of the molecule is Cc1ccc(S(=O)(=O)n2ccc3c(NC4CCCN(C(=O)OC(C)(C)C)C4)ncnc32)cc1. The van der Waals surface area contributed by atoms with E-state index in [1.807, 2.05) is 27.7 Å². The molecule has 0 aliphatic carbocycles. The van der Waals surface area contributed by atoms with Gasteiger partial charge in [0.1, 0.15) is 17.7 Å². The third-order valence-corrected chi connectivity index (χ3v) is 7.12. The number of benzene rings is 1. The molecule has 1 N–H and O–H groups in total. The largest absolute Gasteiger partial charge is 0.444 e. The highest BCUT2D eigenvalue weighted by Gasteiger charge is 2.28. The van der Waals surface area contributed by atoms with Gasteiger partial charge < -0.3 is 15.0 Å². The number of carbonyl (C=O) groups is 1. The first kappa shape index (κ1) is 23.0. The minimum atomic E-state index is -3.80. The predicted molar refractivity (Wildman–Crippen MR) is 126 cm³/mol. The summed E-state index contributed by atoms with van der Waals surface area (Å²) in [5.74, 6) is 0.536. The normalized spacial score (nSPS) is 17.2. The maximum Gasteiger partial charge on any atom is 0.410 e. The number of likely N-dealkylation sites (tertiary alicyclic amines) is 1. The van der Waals surface area contributed by atoms with Gasteiger partial charge in [0.2, 0.25) is 0 Å². The molecule has 3 heterocycles. The molecule has 1 amide bonds. The van der Waals surface area contributed by atoms with Gasteiger partial charge in [0.15, 0.2) is 5.65 Å². The van der Waals surface area contributed by atoms with E-state index in [1.54, 1.807) is 35.2 Å². The Kier molecular flexibility index (Phi) is 6.04. The van der Waals surface area contributed by atoms with E-state index in [-0.39, 0.29) is 17.0 Å². The number of nitrogens with one attached hydrogen (secondary N) is 1. The maximum atomic E-state index is 13.2. The zero-order chi connectivity index (χ0) is 23.8. The Balaban J connectivity index is 1.57. The van der Waals surface area contributed by atoms with Crippen molar-refractivity contribution in [3.8, 4) is 0 Å². The molecule has 0 bridgehead atoms. The van der Waals surface area contributed by atoms with Gasteiger partial charge in [-0.1, -0.05) is 17.7 Å². The third kappa shape index (κ3) is 4.95. The van der Waals surface area contributed by atoms with Crippen molar-refractivity contribution in [3.05, 3.63) is 48.4 Å². The molecule has 3 aromatic rings. The summed E-state index contributed by atoms with van der Waals surface area (Å²) in [6, 6.07) is 8.35. The molecule has 0 saturated carbocycles. The van der Waals surface area contributed by atoms with Crippen molar-refractivity contribution in [2.24, 2.45) is 0 Å². The molecule has 2 aromatic heterocycles. The Hall–Kier alpha value is -3.14. The monoisotopic (exact) mass is 471 g/mol. The molecule has 4 rings (SSSR count). The van der Waals surface area contributed by atoms with E-state index >= 15 is 0 Å². The minimum Gasteiger partial charge on any atom is -0.444 e. The van der Waals surface area contributed by atoms with E-state index in [9.17, 15) is 13.2 Å². The number of aryl methyl sites for hydroxylation is 1. The van der Waals surface area contributed by atoms with E-state index < -0.39 is 15.6 Å². The van der Waals surface area contributed by atoms with Crippen LogP contribution in [-0.4, -0.2) is 58.1 Å². The molecule has 1 saturated heterocycles. The molecule has 1 aromatic carbocycles. The number of ether oxygens (including phenoxy) is 1. The minimum absolute atomic E-state index is 0.0403. The lowest BCUT2D eigenvalue weighted by molar-refractivity contribution is 0.0206. The summed E-state index contributed by atoms with van der Waals surface area (Å²) >= 11 is 0. The van der Waals surface area contributed by atoms with Gasteiger partial charge in [0.05, 0.1) is 10.3 Å². The summed E-state index contributed by atoms with van der Waals surface area (Å²) in [5, 5.41) is 3.97. The van der Waals surface area contributed by atoms with E-state index in [2.05, 4.69) is 15.3 Å². The summed E-state index contributed by atoms with van der Waals surface area (Å²) in [5.41, 5.74) is 0.725. The zero-order valence-corrected chi connectivity index (χ0v) is 20.1. The van der Waals surface area contributed by atoms with Crippen LogP contribution in [0.2, 0.25) is 0 Å². The maximum absolute atomic E-state index is 13.2. The van der Waals surface area contributed by atoms with Crippen molar-refractivity contribution < 1.29 is 17.9 Å². The van der Waals surface area contributed by atoms with Crippen LogP contribution < -0.4 is 5.32 Å². The lowest BCUT2D eigenvalue weighted by Gasteiger charge is -2.34. The van der Waals surface area contributed by atoms with Crippen molar-refractivity contribution in [2.75, 3.05) is 18.4 Å². The fraction of sp³-hybridized carbons (Fsp3) is 0.435. The smallest absolute Gasteiger partial charge is 0.410 e. The van der Waals surface area contributed by atoms with Crippen LogP contribution in [0.25, 0.3) is 11.0 Å². The molecule has 1 fully saturated rings. The van der Waals surface area contributed by atoms with Crippen LogP contribution in [0.5, 0.6) is 0 Å². The first-order valence-electron chi connectivity index (χ1n) is 10.9. The number of piperidine rings is 1. The van der Waals surface area contributed by atoms with Crippen molar-refractivity contribution in [1.82, 2.24) is 18.8 Å². The number of amides is 1. The lowest BCUT2D eigenvalue weighted by atomic mass is 10.1. The van der Waals surface area contributed by atoms with Crippen molar-refractivity contribution in [3.63, 3.8) is 0 Å². The molecular formula is C23H29N5O4S. The van der Waals surface area contributed by atoms with Gasteiger partial charge in [-0.2, -0.15) is 0 Å². The van der Waals surface area contributed by atoms with Crippen LogP contribution in [0.1, 0.15) is 39.2 Å². The molecule has 33 heavy (non-hydrogen) atoms. The molecular weight excluding hydrogens is 442 g/mol. The molecule has 1 aliphatic heterocycles. The number of nitrogens with zero attached hydrogens (tertiary/aromatic N) is 4. The van der Waals surface area contributed by atoms with Gasteiger partial charge in [-0.05, 0) is 58.7 Å². The highest BCUT2D eigenvalue weighted by atomic mass is 32.2. The topological polar surface area (TPSA) is 106 Å². The van der Waals surface area contributed by atoms with Crippen molar-refractivity contribution in [2.45, 2.75) is 57.1 Å². The second-order valence-electron chi connectivity index (χ2n) is 9.30. The number of hydrogen-bond acceptors (Lipinski definition) is 7. The number of fused-ring (bicyclic) bond motifs is 1. The Morgan fingerprint density at radius 2 is 1.88 bits per heavy atom. The van der Waals surface area contributed by atoms with E-state index in [0.29, 0.717) is 29.9 Å². The molecule has 1 aliphatic rings. The fourth-order valence-electron chi connectivity index (χ4n) is 3.84. The van der Waals surface area contributed by atoms with Gasteiger partial charge in [0, 0.05) is 25.3 Å². The number of rotatable bonds is 4. The van der Waals surface area contributed by atoms with Crippen LogP contribution in [0.4, 0.5) is 10.6 Å². The molecule has 0 spiro atoms. The molecule has 9 nitrogen and oxygen atoms in total. The van der Waals surface area contributed by atoms with Crippen LogP contribution in [0.3, 0.4) is 0 Å². The van der Waals surface area contributed by atoms with Gasteiger partial charge in [-0.25, -0.2) is 27.2 Å². The Morgan fingerprint density at radius 3 is 2.58 bits per heavy atom. The van der Waals surface area contributed by atoms with Crippen LogP contribution in [0, 0.1) is 6.92 Å². The Labute approximate surface area is 193 Å². The van der Waals surface area contributed by atoms with E-state index in [1.165, 1.54) is 16.5 Å². The average Bonchev–Trinajstić information content (AvgIpc) is 3.19. The van der Waals surface area contributed by atoms with Crippen LogP contribution in [-0.2, 0) is 14.8 Å². The second-order valence-corrected chi connectivity index (χ2v) is 11.1. The summed E-state index contributed by atoms with van der Waals surface area (Å²) < 4.78 is 33.0. The number of aromatic nitrogens is 3. The van der Waals surface area contributed by atoms with Gasteiger partial charge in [-0.3, -0.25) is 0 Å². The third-order valence-electron chi connectivity index (χ3n) is 5.44. The molecule has 1 unspecified atom stereocenters. The summed E-state index contributed by atoms with van der Waals surface area (Å²) in [4.78, 5) is 22.9. The standard InChI is InChI=1S/C23H29N5O4S/c1-16-7-9-18(10-8-16)33(30,31)28-13-11-19-20(24-15-25-21(19)28)26-17-6-5-12-27(14-17)22(29)32-23(2,3)4/h7-11,13,15,17H,5-6,12,14H2,1-4H3,(H,24,25,26). The summed E-state index contributed by atoms with van der Waals surface area (Å²) in [7, 11) is -3.80. The molecule has 0 radical (unpaired) electrons. The van der Waals surface area contributed by atoms with Gasteiger partial charge in [-0.15, -0.1) is 0 Å². The van der Waals surface area contributed by atoms with Crippen LogP contribution >= 0.6 is 0 Å². The lowest BCUT2D eigenvalue weighted by Crippen LogP contribution is -2.47. The molecule has 1 atom stereocenters. The molecule has 10 heteroatoms. The van der Waals surface area contributed by atoms with Crippen LogP contribution in [0.15, 0.2) is 47.8 Å². The summed E-state index contributed by atoms with van der Waals surface area (Å²) in [6.45, 7) is 8.55. The average molecular weight is 472 g/mol. The van der Waals surface area contributed by atoms with Crippen molar-refractivity contribution >= 4 is 33.0 Å². The number of carbonyl (C=O) groups excluding carboxylic acids is 1. The highest BCUT2D eigenvalue weighted by Crippen LogP contribution is 2.26. The number of hydrogen-bond donors (Lipinski definition) is 1. The summed E-state index contributed by atoms with van der Waals surface area (Å²) in [6.07, 6.45) is 4.19. The first-order chi connectivity index (χ1) is 15.5. The molecule has 176 valence electrons. The quantitative estimate of drug-likeness (QED) is 0.617. The predicted octanol–water partition coefficient (Wildman–Crippen LogP) is 3.79. The second kappa shape index (κ2) is 8.66. The van der Waals surface area contributed by atoms with Crippen molar-refractivity contribution in [1.29, 1.82) is 0 Å². The zero-order valence-electron chi connectivity index (χ0n) is 19.3. The van der Waals surface area contributed by atoms with Gasteiger partial charge in [0.25, 0.3) is 10.0 Å². The number of anilines is 1. The highest BCUT2D eigenvalue weighted by molar-refractivity contribution is 7.90. The Bertz CT molecular complexity index is 1260.